The number of H-pyrrole nitrogens is 1. The maximum absolute atomic E-state index is 11.8. The van der Waals surface area contributed by atoms with Gasteiger partial charge in [0.1, 0.15) is 11.7 Å². The molecule has 1 saturated carbocycles. The van der Waals surface area contributed by atoms with E-state index in [0.717, 1.165) is 5.82 Å². The molecule has 1 fully saturated rings. The molecule has 0 aromatic carbocycles. The quantitative estimate of drug-likeness (QED) is 0.831. The molecular weight excluding hydrogens is 242 g/mol. The molecule has 0 saturated heterocycles. The Morgan fingerprint density at radius 1 is 1.37 bits per heavy atom. The average molecular weight is 265 g/mol. The number of nitrogens with zero attached hydrogens (tertiary/aromatic N) is 2. The number of aromatic nitrogens is 3. The lowest BCUT2D eigenvalue weighted by Gasteiger charge is -2.18. The summed E-state index contributed by atoms with van der Waals surface area (Å²) in [6.45, 7) is 4.17. The van der Waals surface area contributed by atoms with Crippen LogP contribution >= 0.6 is 0 Å². The molecule has 2 rings (SSSR count). The third-order valence-corrected chi connectivity index (χ3v) is 3.80. The summed E-state index contributed by atoms with van der Waals surface area (Å²) in [6, 6.07) is 0. The second-order valence-electron chi connectivity index (χ2n) is 5.13. The van der Waals surface area contributed by atoms with Crippen LogP contribution in [0.25, 0.3) is 0 Å². The average Bonchev–Trinajstić information content (AvgIpc) is 2.90. The van der Waals surface area contributed by atoms with Gasteiger partial charge >= 0.3 is 5.97 Å². The molecule has 0 aliphatic heterocycles. The molecule has 0 bridgehead atoms. The van der Waals surface area contributed by atoms with Crippen LogP contribution in [0.2, 0.25) is 0 Å². The fourth-order valence-electron chi connectivity index (χ4n) is 2.70. The Morgan fingerprint density at radius 3 is 2.74 bits per heavy atom. The number of ether oxygens (including phenoxy) is 1. The van der Waals surface area contributed by atoms with Gasteiger partial charge in [-0.3, -0.25) is 9.89 Å². The Kier molecular flexibility index (Phi) is 4.93. The molecule has 0 amide bonds. The van der Waals surface area contributed by atoms with Gasteiger partial charge < -0.3 is 4.74 Å². The lowest BCUT2D eigenvalue weighted by atomic mass is 9.89. The third kappa shape index (κ3) is 3.33. The SMILES string of the molecule is CCOC(=O)C(CC)c1n[nH]c(C2CCCCC2)n1. The second kappa shape index (κ2) is 6.68. The van der Waals surface area contributed by atoms with Gasteiger partial charge in [0.05, 0.1) is 6.61 Å². The summed E-state index contributed by atoms with van der Waals surface area (Å²) >= 11 is 0. The molecule has 1 aromatic rings. The molecule has 1 aliphatic carbocycles. The molecular formula is C14H23N3O2. The lowest BCUT2D eigenvalue weighted by molar-refractivity contribution is -0.145. The fraction of sp³-hybridized carbons (Fsp3) is 0.786. The van der Waals surface area contributed by atoms with Gasteiger partial charge in [0.15, 0.2) is 5.82 Å². The number of hydrogen-bond donors (Lipinski definition) is 1. The maximum Gasteiger partial charge on any atom is 0.316 e. The molecule has 0 radical (unpaired) electrons. The summed E-state index contributed by atoms with van der Waals surface area (Å²) in [4.78, 5) is 16.4. The molecule has 1 N–H and O–H groups in total. The lowest BCUT2D eigenvalue weighted by Crippen LogP contribution is -2.16. The van der Waals surface area contributed by atoms with Crippen LogP contribution in [-0.4, -0.2) is 27.8 Å². The first-order valence-electron chi connectivity index (χ1n) is 7.35. The Balaban J connectivity index is 2.07. The fourth-order valence-corrected chi connectivity index (χ4v) is 2.70. The van der Waals surface area contributed by atoms with Crippen LogP contribution in [0.5, 0.6) is 0 Å². The van der Waals surface area contributed by atoms with Crippen LogP contribution < -0.4 is 0 Å². The van der Waals surface area contributed by atoms with Gasteiger partial charge in [0, 0.05) is 5.92 Å². The minimum atomic E-state index is -0.339. The summed E-state index contributed by atoms with van der Waals surface area (Å²) in [5.74, 6) is 1.45. The summed E-state index contributed by atoms with van der Waals surface area (Å²) in [6.07, 6.45) is 6.85. The van der Waals surface area contributed by atoms with E-state index in [1.54, 1.807) is 0 Å². The van der Waals surface area contributed by atoms with Crippen LogP contribution in [0.4, 0.5) is 0 Å². The van der Waals surface area contributed by atoms with Crippen molar-refractivity contribution >= 4 is 5.97 Å². The molecule has 1 aliphatic rings. The highest BCUT2D eigenvalue weighted by atomic mass is 16.5. The van der Waals surface area contributed by atoms with Crippen LogP contribution in [0, 0.1) is 0 Å². The van der Waals surface area contributed by atoms with Crippen molar-refractivity contribution in [2.75, 3.05) is 6.61 Å². The van der Waals surface area contributed by atoms with Gasteiger partial charge in [-0.05, 0) is 26.2 Å². The normalized spacial score (nSPS) is 18.2. The molecule has 1 unspecified atom stereocenters. The van der Waals surface area contributed by atoms with E-state index >= 15 is 0 Å². The van der Waals surface area contributed by atoms with E-state index in [2.05, 4.69) is 15.2 Å². The van der Waals surface area contributed by atoms with E-state index in [1.807, 2.05) is 13.8 Å². The Hall–Kier alpha value is -1.39. The molecule has 5 nitrogen and oxygen atoms in total. The highest BCUT2D eigenvalue weighted by Gasteiger charge is 2.26. The third-order valence-electron chi connectivity index (χ3n) is 3.80. The highest BCUT2D eigenvalue weighted by Crippen LogP contribution is 2.31. The van der Waals surface area contributed by atoms with Crippen LogP contribution in [-0.2, 0) is 9.53 Å². The van der Waals surface area contributed by atoms with Crippen molar-refractivity contribution in [2.24, 2.45) is 0 Å². The van der Waals surface area contributed by atoms with E-state index < -0.39 is 0 Å². The van der Waals surface area contributed by atoms with Crippen LogP contribution in [0.15, 0.2) is 0 Å². The van der Waals surface area contributed by atoms with E-state index in [4.69, 9.17) is 4.74 Å². The molecule has 0 spiro atoms. The number of rotatable bonds is 5. The van der Waals surface area contributed by atoms with Gasteiger partial charge in [-0.15, -0.1) is 0 Å². The smallest absolute Gasteiger partial charge is 0.316 e. The van der Waals surface area contributed by atoms with Crippen molar-refractivity contribution < 1.29 is 9.53 Å². The van der Waals surface area contributed by atoms with E-state index in [1.165, 1.54) is 32.1 Å². The summed E-state index contributed by atoms with van der Waals surface area (Å²) in [7, 11) is 0. The zero-order valence-electron chi connectivity index (χ0n) is 11.8. The van der Waals surface area contributed by atoms with Crippen molar-refractivity contribution in [3.05, 3.63) is 11.6 Å². The Morgan fingerprint density at radius 2 is 2.11 bits per heavy atom. The monoisotopic (exact) mass is 265 g/mol. The number of carbonyl (C=O) groups excluding carboxylic acids is 1. The predicted molar refractivity (Wildman–Crippen MR) is 71.9 cm³/mol. The van der Waals surface area contributed by atoms with Gasteiger partial charge in [0.25, 0.3) is 0 Å². The molecule has 106 valence electrons. The first kappa shape index (κ1) is 14.0. The van der Waals surface area contributed by atoms with Crippen molar-refractivity contribution in [3.8, 4) is 0 Å². The van der Waals surface area contributed by atoms with E-state index in [9.17, 15) is 4.79 Å². The number of carbonyl (C=O) groups is 1. The molecule has 5 heteroatoms. The summed E-state index contributed by atoms with van der Waals surface area (Å²) < 4.78 is 5.07. The summed E-state index contributed by atoms with van der Waals surface area (Å²) in [5.41, 5.74) is 0. The Bertz CT molecular complexity index is 411. The largest absolute Gasteiger partial charge is 0.465 e. The standard InChI is InChI=1S/C14H23N3O2/c1-3-11(14(18)19-4-2)13-15-12(16-17-13)10-8-6-5-7-9-10/h10-11H,3-9H2,1-2H3,(H,15,16,17). The molecule has 1 heterocycles. The van der Waals surface area contributed by atoms with Crippen molar-refractivity contribution in [2.45, 2.75) is 64.2 Å². The molecule has 1 aromatic heterocycles. The number of esters is 1. The van der Waals surface area contributed by atoms with Gasteiger partial charge in [-0.25, -0.2) is 4.98 Å². The first-order valence-corrected chi connectivity index (χ1v) is 7.35. The first-order chi connectivity index (χ1) is 9.26. The van der Waals surface area contributed by atoms with Crippen molar-refractivity contribution in [1.29, 1.82) is 0 Å². The molecule has 19 heavy (non-hydrogen) atoms. The summed E-state index contributed by atoms with van der Waals surface area (Å²) in [5, 5.41) is 7.25. The van der Waals surface area contributed by atoms with E-state index in [0.29, 0.717) is 24.8 Å². The van der Waals surface area contributed by atoms with Gasteiger partial charge in [0.2, 0.25) is 0 Å². The van der Waals surface area contributed by atoms with Gasteiger partial charge in [-0.1, -0.05) is 26.2 Å². The second-order valence-corrected chi connectivity index (χ2v) is 5.13. The van der Waals surface area contributed by atoms with Gasteiger partial charge in [-0.2, -0.15) is 5.10 Å². The topological polar surface area (TPSA) is 67.9 Å². The number of aromatic amines is 1. The van der Waals surface area contributed by atoms with Crippen LogP contribution in [0.1, 0.15) is 75.9 Å². The number of hydrogen-bond acceptors (Lipinski definition) is 4. The zero-order chi connectivity index (χ0) is 13.7. The molecule has 1 atom stereocenters. The minimum absolute atomic E-state index is 0.223. The van der Waals surface area contributed by atoms with Crippen molar-refractivity contribution in [1.82, 2.24) is 15.2 Å². The maximum atomic E-state index is 11.8. The highest BCUT2D eigenvalue weighted by molar-refractivity contribution is 5.76. The minimum Gasteiger partial charge on any atom is -0.465 e. The Labute approximate surface area is 114 Å². The zero-order valence-corrected chi connectivity index (χ0v) is 11.8. The van der Waals surface area contributed by atoms with Crippen molar-refractivity contribution in [3.63, 3.8) is 0 Å². The predicted octanol–water partition coefficient (Wildman–Crippen LogP) is 2.91. The van der Waals surface area contributed by atoms with E-state index in [-0.39, 0.29) is 11.9 Å². The van der Waals surface area contributed by atoms with Crippen LogP contribution in [0.3, 0.4) is 0 Å². The number of nitrogens with one attached hydrogen (secondary N) is 1.